The van der Waals surface area contributed by atoms with Gasteiger partial charge in [0.25, 0.3) is 0 Å². The Balaban J connectivity index is 2.20. The molecule has 0 unspecified atom stereocenters. The Labute approximate surface area is 131 Å². The van der Waals surface area contributed by atoms with Crippen molar-refractivity contribution in [2.75, 3.05) is 11.9 Å². The molecule has 0 atom stereocenters. The predicted octanol–water partition coefficient (Wildman–Crippen LogP) is 4.82. The lowest BCUT2D eigenvalue weighted by Crippen LogP contribution is -2.05. The topological polar surface area (TPSA) is 47.0 Å². The quantitative estimate of drug-likeness (QED) is 0.834. The highest BCUT2D eigenvalue weighted by atomic mass is 79.9. The summed E-state index contributed by atoms with van der Waals surface area (Å²) in [6.07, 6.45) is 2.68. The van der Waals surface area contributed by atoms with Gasteiger partial charge in [0.2, 0.25) is 11.8 Å². The van der Waals surface area contributed by atoms with Gasteiger partial charge in [-0.25, -0.2) is 4.98 Å². The van der Waals surface area contributed by atoms with E-state index in [4.69, 9.17) is 16.3 Å². The summed E-state index contributed by atoms with van der Waals surface area (Å²) >= 11 is 9.38. The molecule has 4 nitrogen and oxygen atoms in total. The van der Waals surface area contributed by atoms with Gasteiger partial charge in [0.1, 0.15) is 5.75 Å². The minimum atomic E-state index is 0.473. The van der Waals surface area contributed by atoms with Crippen molar-refractivity contribution in [2.24, 2.45) is 0 Å². The Morgan fingerprint density at radius 1 is 1.40 bits per heavy atom. The number of nitrogens with one attached hydrogen (secondary N) is 1. The van der Waals surface area contributed by atoms with Gasteiger partial charge in [-0.15, -0.1) is 0 Å². The molecule has 0 aliphatic heterocycles. The number of anilines is 1. The predicted molar refractivity (Wildman–Crippen MR) is 84.8 cm³/mol. The van der Waals surface area contributed by atoms with E-state index in [9.17, 15) is 0 Å². The van der Waals surface area contributed by atoms with E-state index >= 15 is 0 Å². The zero-order chi connectivity index (χ0) is 14.5. The van der Waals surface area contributed by atoms with E-state index in [1.165, 1.54) is 0 Å². The summed E-state index contributed by atoms with van der Waals surface area (Å²) in [5, 5.41) is 3.84. The number of hydrogen-bond donors (Lipinski definition) is 1. The smallest absolute Gasteiger partial charge is 0.238 e. The number of rotatable bonds is 5. The van der Waals surface area contributed by atoms with Crippen LogP contribution in [0.25, 0.3) is 0 Å². The van der Waals surface area contributed by atoms with Crippen LogP contribution in [-0.4, -0.2) is 16.5 Å². The Morgan fingerprint density at radius 3 is 2.90 bits per heavy atom. The number of nitrogens with zero attached hydrogens (tertiary/aromatic N) is 2. The molecule has 0 saturated carbocycles. The average Bonchev–Trinajstić information content (AvgIpc) is 2.44. The highest BCUT2D eigenvalue weighted by Gasteiger charge is 2.08. The molecular weight excluding hydrogens is 342 g/mol. The molecule has 20 heavy (non-hydrogen) atoms. The van der Waals surface area contributed by atoms with Crippen molar-refractivity contribution in [1.82, 2.24) is 9.97 Å². The van der Waals surface area contributed by atoms with Crippen molar-refractivity contribution < 1.29 is 4.74 Å². The maximum atomic E-state index is 6.00. The van der Waals surface area contributed by atoms with Gasteiger partial charge in [-0.05, 0) is 53.0 Å². The number of ether oxygens (including phenoxy) is 1. The van der Waals surface area contributed by atoms with E-state index in [0.29, 0.717) is 27.1 Å². The van der Waals surface area contributed by atoms with Gasteiger partial charge in [-0.3, -0.25) is 0 Å². The zero-order valence-corrected chi connectivity index (χ0v) is 13.6. The molecule has 1 heterocycles. The lowest BCUT2D eigenvalue weighted by molar-refractivity contribution is 0.458. The fourth-order valence-electron chi connectivity index (χ4n) is 1.54. The third-order valence-corrected chi connectivity index (χ3v) is 3.56. The molecule has 0 bridgehead atoms. The fraction of sp³-hybridized carbons (Fsp3) is 0.286. The summed E-state index contributed by atoms with van der Waals surface area (Å²) in [5.41, 5.74) is 0.957. The number of halogens is 2. The Kier molecular flexibility index (Phi) is 5.20. The SMILES string of the molecule is CCCNc1ncc(Br)c(Oc2ccc(Cl)c(C)c2)n1. The Hall–Kier alpha value is -1.33. The first kappa shape index (κ1) is 15.1. The zero-order valence-electron chi connectivity index (χ0n) is 11.3. The minimum absolute atomic E-state index is 0.473. The van der Waals surface area contributed by atoms with Crippen LogP contribution in [0.3, 0.4) is 0 Å². The molecule has 0 aliphatic carbocycles. The summed E-state index contributed by atoms with van der Waals surface area (Å²) in [6.45, 7) is 4.83. The maximum absolute atomic E-state index is 6.00. The first-order valence-electron chi connectivity index (χ1n) is 6.30. The second kappa shape index (κ2) is 6.90. The van der Waals surface area contributed by atoms with E-state index in [2.05, 4.69) is 38.1 Å². The van der Waals surface area contributed by atoms with Crippen LogP contribution in [0.5, 0.6) is 11.6 Å². The van der Waals surface area contributed by atoms with Crippen LogP contribution in [0, 0.1) is 6.92 Å². The highest BCUT2D eigenvalue weighted by molar-refractivity contribution is 9.10. The van der Waals surface area contributed by atoms with Gasteiger partial charge < -0.3 is 10.1 Å². The number of hydrogen-bond acceptors (Lipinski definition) is 4. The van der Waals surface area contributed by atoms with Gasteiger partial charge in [-0.1, -0.05) is 18.5 Å². The van der Waals surface area contributed by atoms with E-state index < -0.39 is 0 Å². The van der Waals surface area contributed by atoms with Crippen molar-refractivity contribution in [3.05, 3.63) is 39.5 Å². The molecular formula is C14H15BrClN3O. The molecule has 0 aliphatic rings. The minimum Gasteiger partial charge on any atom is -0.438 e. The third-order valence-electron chi connectivity index (χ3n) is 2.59. The maximum Gasteiger partial charge on any atom is 0.238 e. The van der Waals surface area contributed by atoms with Crippen LogP contribution < -0.4 is 10.1 Å². The molecule has 0 saturated heterocycles. The van der Waals surface area contributed by atoms with Crippen LogP contribution in [0.4, 0.5) is 5.95 Å². The molecule has 1 aromatic heterocycles. The van der Waals surface area contributed by atoms with Crippen molar-refractivity contribution in [3.63, 3.8) is 0 Å². The summed E-state index contributed by atoms with van der Waals surface area (Å²) < 4.78 is 6.47. The summed E-state index contributed by atoms with van der Waals surface area (Å²) in [4.78, 5) is 8.51. The van der Waals surface area contributed by atoms with Gasteiger partial charge >= 0.3 is 0 Å². The number of benzene rings is 1. The van der Waals surface area contributed by atoms with Gasteiger partial charge in [0, 0.05) is 11.6 Å². The van der Waals surface area contributed by atoms with E-state index in [-0.39, 0.29) is 0 Å². The van der Waals surface area contributed by atoms with Crippen LogP contribution in [0.2, 0.25) is 5.02 Å². The molecule has 6 heteroatoms. The summed E-state index contributed by atoms with van der Waals surface area (Å²) in [5.74, 6) is 1.71. The molecule has 1 aromatic carbocycles. The first-order valence-corrected chi connectivity index (χ1v) is 7.47. The monoisotopic (exact) mass is 355 g/mol. The van der Waals surface area contributed by atoms with Gasteiger partial charge in [0.15, 0.2) is 0 Å². The molecule has 0 amide bonds. The number of aryl methyl sites for hydroxylation is 1. The second-order valence-electron chi connectivity index (χ2n) is 4.29. The Bertz CT molecular complexity index is 607. The van der Waals surface area contributed by atoms with E-state index in [1.807, 2.05) is 19.1 Å². The molecule has 0 radical (unpaired) electrons. The number of aromatic nitrogens is 2. The fourth-order valence-corrected chi connectivity index (χ4v) is 1.93. The summed E-state index contributed by atoms with van der Waals surface area (Å²) in [7, 11) is 0. The summed E-state index contributed by atoms with van der Waals surface area (Å²) in [6, 6.07) is 5.48. The van der Waals surface area contributed by atoms with Crippen LogP contribution in [0.1, 0.15) is 18.9 Å². The average molecular weight is 357 g/mol. The molecule has 2 rings (SSSR count). The normalized spacial score (nSPS) is 10.4. The van der Waals surface area contributed by atoms with E-state index in [1.54, 1.807) is 12.3 Å². The van der Waals surface area contributed by atoms with Crippen molar-refractivity contribution >= 4 is 33.5 Å². The van der Waals surface area contributed by atoms with Crippen molar-refractivity contribution in [1.29, 1.82) is 0 Å². The Morgan fingerprint density at radius 2 is 2.20 bits per heavy atom. The lowest BCUT2D eigenvalue weighted by Gasteiger charge is -2.09. The van der Waals surface area contributed by atoms with Gasteiger partial charge in [-0.2, -0.15) is 4.98 Å². The van der Waals surface area contributed by atoms with Crippen molar-refractivity contribution in [3.8, 4) is 11.6 Å². The highest BCUT2D eigenvalue weighted by Crippen LogP contribution is 2.29. The molecule has 106 valence electrons. The van der Waals surface area contributed by atoms with Crippen LogP contribution in [0.15, 0.2) is 28.9 Å². The third kappa shape index (κ3) is 3.84. The molecule has 2 aromatic rings. The van der Waals surface area contributed by atoms with Crippen molar-refractivity contribution in [2.45, 2.75) is 20.3 Å². The molecule has 1 N–H and O–H groups in total. The van der Waals surface area contributed by atoms with Crippen LogP contribution >= 0.6 is 27.5 Å². The molecule has 0 spiro atoms. The second-order valence-corrected chi connectivity index (χ2v) is 5.55. The lowest BCUT2D eigenvalue weighted by atomic mass is 10.2. The first-order chi connectivity index (χ1) is 9.60. The standard InChI is InChI=1S/C14H15BrClN3O/c1-3-6-17-14-18-8-11(15)13(19-14)20-10-4-5-12(16)9(2)7-10/h4-5,7-8H,3,6H2,1-2H3,(H,17,18,19). The largest absolute Gasteiger partial charge is 0.438 e. The van der Waals surface area contributed by atoms with Gasteiger partial charge in [0.05, 0.1) is 10.7 Å². The van der Waals surface area contributed by atoms with Crippen LogP contribution in [-0.2, 0) is 0 Å². The van der Waals surface area contributed by atoms with E-state index in [0.717, 1.165) is 18.5 Å². The molecule has 0 fully saturated rings.